The molecule has 21 heavy (non-hydrogen) atoms. The number of aliphatic hydroxyl groups excluding tert-OH is 1. The summed E-state index contributed by atoms with van der Waals surface area (Å²) in [5, 5.41) is 9.73. The number of nitrogens with one attached hydrogen (secondary N) is 1. The number of hydrogen-bond donors (Lipinski definition) is 2. The first-order chi connectivity index (χ1) is 9.92. The second kappa shape index (κ2) is 7.07. The SMILES string of the molecule is CC(NS(=O)(=O)N1CCC(CO)CC1)c1ccc(Cl)cc1. The van der Waals surface area contributed by atoms with Gasteiger partial charge in [0.05, 0.1) is 0 Å². The molecule has 1 saturated heterocycles. The van der Waals surface area contributed by atoms with Crippen LogP contribution in [-0.4, -0.2) is 37.5 Å². The molecule has 0 saturated carbocycles. The maximum absolute atomic E-state index is 12.4. The first-order valence-corrected chi connectivity index (χ1v) is 8.88. The van der Waals surface area contributed by atoms with Crippen molar-refractivity contribution in [3.63, 3.8) is 0 Å². The number of piperidine rings is 1. The highest BCUT2D eigenvalue weighted by atomic mass is 35.5. The van der Waals surface area contributed by atoms with Crippen LogP contribution in [0.2, 0.25) is 5.02 Å². The van der Waals surface area contributed by atoms with Gasteiger partial charge in [-0.1, -0.05) is 23.7 Å². The molecule has 0 radical (unpaired) electrons. The maximum Gasteiger partial charge on any atom is 0.279 e. The summed E-state index contributed by atoms with van der Waals surface area (Å²) >= 11 is 5.83. The van der Waals surface area contributed by atoms with E-state index in [0.29, 0.717) is 31.0 Å². The third kappa shape index (κ3) is 4.40. The van der Waals surface area contributed by atoms with Crippen molar-refractivity contribution in [3.05, 3.63) is 34.9 Å². The minimum atomic E-state index is -3.50. The van der Waals surface area contributed by atoms with Crippen LogP contribution in [0, 0.1) is 5.92 Å². The van der Waals surface area contributed by atoms with Crippen molar-refractivity contribution in [3.8, 4) is 0 Å². The van der Waals surface area contributed by atoms with Crippen LogP contribution in [0.1, 0.15) is 31.4 Å². The lowest BCUT2D eigenvalue weighted by atomic mass is 10.00. The third-order valence-electron chi connectivity index (χ3n) is 3.87. The zero-order chi connectivity index (χ0) is 15.5. The average molecular weight is 333 g/mol. The van der Waals surface area contributed by atoms with Crippen molar-refractivity contribution in [1.29, 1.82) is 0 Å². The Hall–Kier alpha value is -0.660. The average Bonchev–Trinajstić information content (AvgIpc) is 2.47. The van der Waals surface area contributed by atoms with Gasteiger partial charge in [-0.05, 0) is 43.4 Å². The highest BCUT2D eigenvalue weighted by Crippen LogP contribution is 2.21. The van der Waals surface area contributed by atoms with Gasteiger partial charge in [0, 0.05) is 30.8 Å². The van der Waals surface area contributed by atoms with Crippen molar-refractivity contribution in [2.75, 3.05) is 19.7 Å². The van der Waals surface area contributed by atoms with E-state index in [4.69, 9.17) is 16.7 Å². The second-order valence-electron chi connectivity index (χ2n) is 5.42. The Bertz CT molecular complexity index is 554. The van der Waals surface area contributed by atoms with Gasteiger partial charge in [-0.3, -0.25) is 0 Å². The quantitative estimate of drug-likeness (QED) is 0.865. The van der Waals surface area contributed by atoms with Crippen molar-refractivity contribution in [2.45, 2.75) is 25.8 Å². The largest absolute Gasteiger partial charge is 0.396 e. The standard InChI is InChI=1S/C14H21ClN2O3S/c1-11(13-2-4-14(15)5-3-13)16-21(19,20)17-8-6-12(10-18)7-9-17/h2-5,11-12,16,18H,6-10H2,1H3. The molecular formula is C14H21ClN2O3S. The van der Waals surface area contributed by atoms with Crippen LogP contribution in [0.3, 0.4) is 0 Å². The topological polar surface area (TPSA) is 69.6 Å². The Morgan fingerprint density at radius 1 is 1.33 bits per heavy atom. The molecule has 0 aromatic heterocycles. The third-order valence-corrected chi connectivity index (χ3v) is 5.82. The minimum Gasteiger partial charge on any atom is -0.396 e. The van der Waals surface area contributed by atoms with E-state index < -0.39 is 10.2 Å². The van der Waals surface area contributed by atoms with Crippen LogP contribution in [0.5, 0.6) is 0 Å². The summed E-state index contributed by atoms with van der Waals surface area (Å²) in [7, 11) is -3.50. The van der Waals surface area contributed by atoms with Gasteiger partial charge in [-0.15, -0.1) is 0 Å². The molecule has 1 aromatic rings. The Morgan fingerprint density at radius 2 is 1.90 bits per heavy atom. The summed E-state index contributed by atoms with van der Waals surface area (Å²) in [6.45, 7) is 2.84. The van der Waals surface area contributed by atoms with Crippen molar-refractivity contribution in [2.24, 2.45) is 5.92 Å². The number of hydrogen-bond acceptors (Lipinski definition) is 3. The van der Waals surface area contributed by atoms with Crippen LogP contribution >= 0.6 is 11.6 Å². The first-order valence-electron chi connectivity index (χ1n) is 7.06. The predicted octanol–water partition coefficient (Wildman–Crippen LogP) is 1.94. The summed E-state index contributed by atoms with van der Waals surface area (Å²) < 4.78 is 28.9. The van der Waals surface area contributed by atoms with Gasteiger partial charge < -0.3 is 5.11 Å². The molecule has 1 atom stereocenters. The summed E-state index contributed by atoms with van der Waals surface area (Å²) in [5.41, 5.74) is 0.869. The molecule has 118 valence electrons. The lowest BCUT2D eigenvalue weighted by Crippen LogP contribution is -2.46. The van der Waals surface area contributed by atoms with E-state index >= 15 is 0 Å². The number of benzene rings is 1. The predicted molar refractivity (Wildman–Crippen MR) is 83.3 cm³/mol. The molecule has 0 amide bonds. The molecule has 1 fully saturated rings. The molecule has 5 nitrogen and oxygen atoms in total. The Labute approximate surface area is 131 Å². The van der Waals surface area contributed by atoms with Gasteiger partial charge in [-0.25, -0.2) is 0 Å². The minimum absolute atomic E-state index is 0.127. The van der Waals surface area contributed by atoms with Crippen LogP contribution in [0.4, 0.5) is 0 Å². The van der Waals surface area contributed by atoms with E-state index in [0.717, 1.165) is 5.56 Å². The molecule has 2 N–H and O–H groups in total. The Kier molecular flexibility index (Phi) is 5.62. The zero-order valence-electron chi connectivity index (χ0n) is 12.0. The van der Waals surface area contributed by atoms with E-state index in [-0.39, 0.29) is 18.6 Å². The maximum atomic E-state index is 12.4. The van der Waals surface area contributed by atoms with E-state index in [1.54, 1.807) is 19.1 Å². The lowest BCUT2D eigenvalue weighted by molar-refractivity contribution is 0.169. The van der Waals surface area contributed by atoms with E-state index in [1.165, 1.54) is 4.31 Å². The molecule has 0 aliphatic carbocycles. The second-order valence-corrected chi connectivity index (χ2v) is 7.56. The van der Waals surface area contributed by atoms with Gasteiger partial charge in [0.25, 0.3) is 10.2 Å². The number of nitrogens with zero attached hydrogens (tertiary/aromatic N) is 1. The van der Waals surface area contributed by atoms with Gasteiger partial charge in [0.2, 0.25) is 0 Å². The smallest absolute Gasteiger partial charge is 0.279 e. The summed E-state index contributed by atoms with van der Waals surface area (Å²) in [5.74, 6) is 0.213. The molecule has 1 aliphatic rings. The van der Waals surface area contributed by atoms with E-state index in [2.05, 4.69) is 4.72 Å². The summed E-state index contributed by atoms with van der Waals surface area (Å²) in [4.78, 5) is 0. The van der Waals surface area contributed by atoms with E-state index in [9.17, 15) is 8.42 Å². The van der Waals surface area contributed by atoms with Crippen molar-refractivity contribution in [1.82, 2.24) is 9.03 Å². The molecule has 7 heteroatoms. The molecule has 2 rings (SSSR count). The summed E-state index contributed by atoms with van der Waals surface area (Å²) in [6, 6.07) is 6.80. The molecule has 0 spiro atoms. The monoisotopic (exact) mass is 332 g/mol. The van der Waals surface area contributed by atoms with Crippen molar-refractivity contribution < 1.29 is 13.5 Å². The van der Waals surface area contributed by atoms with Crippen molar-refractivity contribution >= 4 is 21.8 Å². The van der Waals surface area contributed by atoms with Gasteiger partial charge >= 0.3 is 0 Å². The molecule has 1 aliphatic heterocycles. The zero-order valence-corrected chi connectivity index (χ0v) is 13.6. The molecule has 1 heterocycles. The van der Waals surface area contributed by atoms with Gasteiger partial charge in [0.15, 0.2) is 0 Å². The fraction of sp³-hybridized carbons (Fsp3) is 0.571. The fourth-order valence-corrected chi connectivity index (χ4v) is 4.00. The molecule has 1 aromatic carbocycles. The summed E-state index contributed by atoms with van der Waals surface area (Å²) in [6.07, 6.45) is 1.40. The lowest BCUT2D eigenvalue weighted by Gasteiger charge is -2.31. The number of aliphatic hydroxyl groups is 1. The van der Waals surface area contributed by atoms with E-state index in [1.807, 2.05) is 12.1 Å². The van der Waals surface area contributed by atoms with Gasteiger partial charge in [0.1, 0.15) is 0 Å². The molecular weight excluding hydrogens is 312 g/mol. The van der Waals surface area contributed by atoms with Crippen LogP contribution < -0.4 is 4.72 Å². The number of rotatable bonds is 5. The van der Waals surface area contributed by atoms with Crippen LogP contribution in [-0.2, 0) is 10.2 Å². The first kappa shape index (κ1) is 16.7. The molecule has 0 bridgehead atoms. The van der Waals surface area contributed by atoms with Gasteiger partial charge in [-0.2, -0.15) is 17.4 Å². The Morgan fingerprint density at radius 3 is 2.43 bits per heavy atom. The highest BCUT2D eigenvalue weighted by Gasteiger charge is 2.28. The normalized spacial score (nSPS) is 19.6. The van der Waals surface area contributed by atoms with Crippen LogP contribution in [0.15, 0.2) is 24.3 Å². The van der Waals surface area contributed by atoms with Crippen LogP contribution in [0.25, 0.3) is 0 Å². The molecule has 1 unspecified atom stereocenters. The highest BCUT2D eigenvalue weighted by molar-refractivity contribution is 7.87. The fourth-order valence-electron chi connectivity index (χ4n) is 2.45. The Balaban J connectivity index is 1.99. The number of halogens is 1.